The van der Waals surface area contributed by atoms with Gasteiger partial charge >= 0.3 is 5.97 Å². The summed E-state index contributed by atoms with van der Waals surface area (Å²) in [5.74, 6) is -0.760. The fourth-order valence-corrected chi connectivity index (χ4v) is 2.90. The summed E-state index contributed by atoms with van der Waals surface area (Å²) in [6.07, 6.45) is 4.25. The molecule has 5 nitrogen and oxygen atoms in total. The van der Waals surface area contributed by atoms with Crippen LogP contribution in [0.15, 0.2) is 24.4 Å². The predicted molar refractivity (Wildman–Crippen MR) is 84.3 cm³/mol. The zero-order valence-electron chi connectivity index (χ0n) is 10.6. The molecule has 0 saturated heterocycles. The lowest BCUT2D eigenvalue weighted by Crippen LogP contribution is -1.97. The Morgan fingerprint density at radius 3 is 2.90 bits per heavy atom. The number of aliphatic carboxylic acids is 1. The molecule has 1 aromatic carbocycles. The largest absolute Gasteiger partial charge is 0.481 e. The number of carboxylic acids is 1. The molecule has 106 valence electrons. The number of aromatic nitrogens is 3. The van der Waals surface area contributed by atoms with E-state index in [9.17, 15) is 4.79 Å². The number of rotatable bonds is 6. The molecule has 0 bridgehead atoms. The van der Waals surface area contributed by atoms with Crippen LogP contribution in [0.3, 0.4) is 0 Å². The topological polar surface area (TPSA) is 68.0 Å². The first-order valence-corrected chi connectivity index (χ1v) is 7.60. The molecule has 0 fully saturated rings. The van der Waals surface area contributed by atoms with E-state index in [1.54, 1.807) is 4.68 Å². The molecule has 0 amide bonds. The molecule has 1 N–H and O–H groups in total. The SMILES string of the molecule is O=C(O)CCCCc1cn(-c2ccc(Cl)cc2I)nn1. The zero-order chi connectivity index (χ0) is 14.5. The number of nitrogens with zero attached hydrogens (tertiary/aromatic N) is 3. The van der Waals surface area contributed by atoms with Crippen LogP contribution in [0.5, 0.6) is 0 Å². The van der Waals surface area contributed by atoms with E-state index in [1.807, 2.05) is 24.4 Å². The number of carbonyl (C=O) groups is 1. The van der Waals surface area contributed by atoms with Gasteiger partial charge in [0.1, 0.15) is 0 Å². The fraction of sp³-hybridized carbons (Fsp3) is 0.308. The van der Waals surface area contributed by atoms with Crippen molar-refractivity contribution in [3.63, 3.8) is 0 Å². The number of halogens is 2. The Morgan fingerprint density at radius 2 is 2.20 bits per heavy atom. The van der Waals surface area contributed by atoms with Gasteiger partial charge in [0.15, 0.2) is 0 Å². The van der Waals surface area contributed by atoms with Crippen molar-refractivity contribution in [3.05, 3.63) is 38.7 Å². The van der Waals surface area contributed by atoms with Crippen LogP contribution in [-0.4, -0.2) is 26.1 Å². The van der Waals surface area contributed by atoms with Gasteiger partial charge in [-0.1, -0.05) is 16.8 Å². The number of hydrogen-bond acceptors (Lipinski definition) is 3. The Morgan fingerprint density at radius 1 is 1.40 bits per heavy atom. The lowest BCUT2D eigenvalue weighted by atomic mass is 10.1. The molecule has 0 unspecified atom stereocenters. The Kier molecular flexibility index (Phi) is 5.36. The first-order valence-electron chi connectivity index (χ1n) is 6.14. The van der Waals surface area contributed by atoms with Crippen molar-refractivity contribution >= 4 is 40.2 Å². The second kappa shape index (κ2) is 7.03. The van der Waals surface area contributed by atoms with Gasteiger partial charge in [-0.05, 0) is 60.1 Å². The number of hydrogen-bond donors (Lipinski definition) is 1. The predicted octanol–water partition coefficient (Wildman–Crippen LogP) is 3.32. The molecule has 1 aromatic heterocycles. The fourth-order valence-electron chi connectivity index (χ4n) is 1.78. The van der Waals surface area contributed by atoms with Crippen molar-refractivity contribution in [2.75, 3.05) is 0 Å². The summed E-state index contributed by atoms with van der Waals surface area (Å²) in [5, 5.41) is 17.5. The van der Waals surface area contributed by atoms with Gasteiger partial charge in [-0.2, -0.15) is 0 Å². The molecule has 0 saturated carbocycles. The monoisotopic (exact) mass is 405 g/mol. The van der Waals surface area contributed by atoms with Crippen LogP contribution in [0, 0.1) is 3.57 Å². The molecule has 0 aliphatic carbocycles. The molecule has 2 aromatic rings. The molecule has 2 rings (SSSR count). The summed E-state index contributed by atoms with van der Waals surface area (Å²) in [6, 6.07) is 5.58. The van der Waals surface area contributed by atoms with Crippen molar-refractivity contribution in [1.82, 2.24) is 15.0 Å². The van der Waals surface area contributed by atoms with E-state index in [2.05, 4.69) is 32.9 Å². The second-order valence-electron chi connectivity index (χ2n) is 4.35. The molecular weight excluding hydrogens is 393 g/mol. The highest BCUT2D eigenvalue weighted by molar-refractivity contribution is 14.1. The zero-order valence-corrected chi connectivity index (χ0v) is 13.5. The number of unbranched alkanes of at least 4 members (excludes halogenated alkanes) is 1. The summed E-state index contributed by atoms with van der Waals surface area (Å²) in [4.78, 5) is 10.4. The molecule has 7 heteroatoms. The van der Waals surface area contributed by atoms with E-state index in [0.29, 0.717) is 11.4 Å². The van der Waals surface area contributed by atoms with Crippen LogP contribution in [0.2, 0.25) is 5.02 Å². The smallest absolute Gasteiger partial charge is 0.303 e. The molecule has 1 heterocycles. The van der Waals surface area contributed by atoms with Crippen LogP contribution in [0.25, 0.3) is 5.69 Å². The summed E-state index contributed by atoms with van der Waals surface area (Å²) in [7, 11) is 0. The van der Waals surface area contributed by atoms with Crippen LogP contribution in [-0.2, 0) is 11.2 Å². The van der Waals surface area contributed by atoms with E-state index >= 15 is 0 Å². The number of carboxylic acid groups (broad SMARTS) is 1. The first-order chi connectivity index (χ1) is 9.56. The third-order valence-corrected chi connectivity index (χ3v) is 3.87. The van der Waals surface area contributed by atoms with E-state index in [0.717, 1.165) is 27.8 Å². The van der Waals surface area contributed by atoms with Crippen molar-refractivity contribution in [2.24, 2.45) is 0 Å². The maximum atomic E-state index is 10.4. The van der Waals surface area contributed by atoms with E-state index < -0.39 is 5.97 Å². The van der Waals surface area contributed by atoms with E-state index in [-0.39, 0.29) is 6.42 Å². The quantitative estimate of drug-likeness (QED) is 0.591. The first kappa shape index (κ1) is 15.2. The third-order valence-electron chi connectivity index (χ3n) is 2.77. The second-order valence-corrected chi connectivity index (χ2v) is 5.95. The molecule has 0 aliphatic heterocycles. The highest BCUT2D eigenvalue weighted by atomic mass is 127. The summed E-state index contributed by atoms with van der Waals surface area (Å²) < 4.78 is 2.71. The van der Waals surface area contributed by atoms with Crippen molar-refractivity contribution in [3.8, 4) is 5.69 Å². The summed E-state index contributed by atoms with van der Waals surface area (Å²) in [5.41, 5.74) is 1.79. The van der Waals surface area contributed by atoms with Gasteiger partial charge in [0.05, 0.1) is 17.6 Å². The summed E-state index contributed by atoms with van der Waals surface area (Å²) in [6.45, 7) is 0. The third kappa shape index (κ3) is 4.17. The van der Waals surface area contributed by atoms with Crippen LogP contribution in [0.4, 0.5) is 0 Å². The lowest BCUT2D eigenvalue weighted by Gasteiger charge is -2.03. The number of benzene rings is 1. The highest BCUT2D eigenvalue weighted by Gasteiger charge is 2.07. The number of aryl methyl sites for hydroxylation is 1. The average molecular weight is 406 g/mol. The summed E-state index contributed by atoms with van der Waals surface area (Å²) >= 11 is 8.12. The average Bonchev–Trinajstić information content (AvgIpc) is 2.83. The van der Waals surface area contributed by atoms with Crippen LogP contribution < -0.4 is 0 Å². The molecule has 0 aliphatic rings. The molecule has 0 radical (unpaired) electrons. The van der Waals surface area contributed by atoms with Gasteiger partial charge in [0.2, 0.25) is 0 Å². The molecule has 20 heavy (non-hydrogen) atoms. The van der Waals surface area contributed by atoms with Gasteiger partial charge in [0.25, 0.3) is 0 Å². The van der Waals surface area contributed by atoms with E-state index in [4.69, 9.17) is 16.7 Å². The van der Waals surface area contributed by atoms with Gasteiger partial charge in [0, 0.05) is 15.0 Å². The standard InChI is InChI=1S/C13H13ClIN3O2/c14-9-5-6-12(11(15)7-9)18-8-10(16-17-18)3-1-2-4-13(19)20/h5-8H,1-4H2,(H,19,20). The lowest BCUT2D eigenvalue weighted by molar-refractivity contribution is -0.137. The minimum absolute atomic E-state index is 0.198. The Hall–Kier alpha value is -1.15. The van der Waals surface area contributed by atoms with Gasteiger partial charge in [-0.25, -0.2) is 4.68 Å². The Bertz CT molecular complexity index is 615. The minimum Gasteiger partial charge on any atom is -0.481 e. The normalized spacial score (nSPS) is 10.7. The van der Waals surface area contributed by atoms with Crippen LogP contribution >= 0.6 is 34.2 Å². The van der Waals surface area contributed by atoms with Gasteiger partial charge in [-0.3, -0.25) is 4.79 Å². The van der Waals surface area contributed by atoms with Gasteiger partial charge < -0.3 is 5.11 Å². The van der Waals surface area contributed by atoms with Crippen molar-refractivity contribution < 1.29 is 9.90 Å². The molecular formula is C13H13ClIN3O2. The van der Waals surface area contributed by atoms with Crippen molar-refractivity contribution in [2.45, 2.75) is 25.7 Å². The van der Waals surface area contributed by atoms with Crippen molar-refractivity contribution in [1.29, 1.82) is 0 Å². The minimum atomic E-state index is -0.760. The maximum Gasteiger partial charge on any atom is 0.303 e. The molecule has 0 spiro atoms. The van der Waals surface area contributed by atoms with Gasteiger partial charge in [-0.15, -0.1) is 5.10 Å². The van der Waals surface area contributed by atoms with E-state index in [1.165, 1.54) is 0 Å². The van der Waals surface area contributed by atoms with Crippen LogP contribution in [0.1, 0.15) is 25.0 Å². The molecule has 0 atom stereocenters. The Balaban J connectivity index is 1.99. The highest BCUT2D eigenvalue weighted by Crippen LogP contribution is 2.21. The Labute approximate surface area is 135 Å². The maximum absolute atomic E-state index is 10.4.